The fraction of sp³-hybridized carbons (Fsp3) is 0.375. The van der Waals surface area contributed by atoms with Crippen molar-refractivity contribution >= 4 is 29.4 Å². The summed E-state index contributed by atoms with van der Waals surface area (Å²) in [7, 11) is 0. The molecule has 1 aromatic rings. The van der Waals surface area contributed by atoms with Crippen LogP contribution in [0.3, 0.4) is 0 Å². The number of nitrogens with one attached hydrogen (secondary N) is 2. The summed E-state index contributed by atoms with van der Waals surface area (Å²) in [6.45, 7) is 3.76. The molecule has 0 saturated heterocycles. The molecular weight excluding hydrogens is 362 g/mol. The van der Waals surface area contributed by atoms with Crippen molar-refractivity contribution in [3.63, 3.8) is 0 Å². The molecule has 1 heterocycles. The Hall–Kier alpha value is -2.75. The maximum atomic E-state index is 12.5. The van der Waals surface area contributed by atoms with E-state index in [0.717, 1.165) is 17.9 Å². The minimum absolute atomic E-state index is 0.158. The van der Waals surface area contributed by atoms with Gasteiger partial charge in [0.05, 0.1) is 16.5 Å². The molecule has 0 spiro atoms. The molecule has 0 bridgehead atoms. The minimum atomic E-state index is -0.922. The summed E-state index contributed by atoms with van der Waals surface area (Å²) in [5.74, 6) is 0.424. The third kappa shape index (κ3) is 4.45. The van der Waals surface area contributed by atoms with Crippen molar-refractivity contribution < 1.29 is 24.4 Å². The van der Waals surface area contributed by atoms with E-state index in [2.05, 4.69) is 10.6 Å². The van der Waals surface area contributed by atoms with Gasteiger partial charge in [0, 0.05) is 17.5 Å². The average Bonchev–Trinajstić information content (AvgIpc) is 2.58. The topological polar surface area (TPSA) is 131 Å². The molecule has 0 aliphatic carbocycles. The van der Waals surface area contributed by atoms with E-state index in [1.54, 1.807) is 18.7 Å². The van der Waals surface area contributed by atoms with Gasteiger partial charge in [-0.3, -0.25) is 10.1 Å². The highest BCUT2D eigenvalue weighted by Gasteiger charge is 2.33. The molecule has 10 heteroatoms. The number of esters is 1. The molecule has 26 heavy (non-hydrogen) atoms. The van der Waals surface area contributed by atoms with Gasteiger partial charge < -0.3 is 20.5 Å². The van der Waals surface area contributed by atoms with Crippen molar-refractivity contribution in [2.75, 3.05) is 18.1 Å². The number of rotatable bonds is 7. The number of phenolic OH excluding ortho intramolecular Hbond substituents is 1. The highest BCUT2D eigenvalue weighted by atomic mass is 32.2. The number of carbonyl (C=O) groups excluding carboxylic acids is 2. The van der Waals surface area contributed by atoms with Crippen LogP contribution in [0, 0.1) is 10.1 Å². The van der Waals surface area contributed by atoms with Gasteiger partial charge in [0.15, 0.2) is 5.75 Å². The van der Waals surface area contributed by atoms with E-state index in [0.29, 0.717) is 17.0 Å². The van der Waals surface area contributed by atoms with E-state index < -0.39 is 34.4 Å². The standard InChI is InChI=1S/C16H19N3O6S/c1-3-26-7-6-25-15(21)13-9(2)17-16(22)18-14(13)10-4-5-12(20)11(8-10)19(23)24/h4-5,8,14,20H,3,6-7H2,1-2H3,(H2,17,18,22). The van der Waals surface area contributed by atoms with Crippen molar-refractivity contribution in [1.82, 2.24) is 10.6 Å². The van der Waals surface area contributed by atoms with Crippen LogP contribution in [0.1, 0.15) is 25.5 Å². The van der Waals surface area contributed by atoms with E-state index >= 15 is 0 Å². The van der Waals surface area contributed by atoms with Crippen LogP contribution in [0.4, 0.5) is 10.5 Å². The van der Waals surface area contributed by atoms with Gasteiger partial charge in [0.2, 0.25) is 0 Å². The van der Waals surface area contributed by atoms with E-state index in [4.69, 9.17) is 4.74 Å². The Morgan fingerprint density at radius 2 is 2.19 bits per heavy atom. The summed E-state index contributed by atoms with van der Waals surface area (Å²) in [6, 6.07) is 2.22. The molecule has 2 rings (SSSR count). The lowest BCUT2D eigenvalue weighted by atomic mass is 9.95. The predicted molar refractivity (Wildman–Crippen MR) is 95.8 cm³/mol. The van der Waals surface area contributed by atoms with Crippen LogP contribution in [-0.2, 0) is 9.53 Å². The summed E-state index contributed by atoms with van der Waals surface area (Å²) < 4.78 is 5.25. The highest BCUT2D eigenvalue weighted by molar-refractivity contribution is 7.99. The second kappa shape index (κ2) is 8.56. The number of amides is 2. The van der Waals surface area contributed by atoms with Crippen LogP contribution < -0.4 is 10.6 Å². The van der Waals surface area contributed by atoms with Crippen LogP contribution in [0.15, 0.2) is 29.5 Å². The third-order valence-electron chi connectivity index (χ3n) is 3.68. The first-order chi connectivity index (χ1) is 12.3. The van der Waals surface area contributed by atoms with Crippen molar-refractivity contribution in [3.8, 4) is 5.75 Å². The van der Waals surface area contributed by atoms with Gasteiger partial charge in [-0.15, -0.1) is 0 Å². The summed E-state index contributed by atoms with van der Waals surface area (Å²) in [4.78, 5) is 34.6. The van der Waals surface area contributed by atoms with Gasteiger partial charge in [-0.2, -0.15) is 11.8 Å². The lowest BCUT2D eigenvalue weighted by molar-refractivity contribution is -0.385. The molecule has 1 unspecified atom stereocenters. The number of phenols is 1. The van der Waals surface area contributed by atoms with Gasteiger partial charge in [-0.25, -0.2) is 9.59 Å². The van der Waals surface area contributed by atoms with Crippen LogP contribution in [0.2, 0.25) is 0 Å². The summed E-state index contributed by atoms with van der Waals surface area (Å²) in [6.07, 6.45) is 0. The number of nitro benzene ring substituents is 1. The molecule has 1 aromatic carbocycles. The van der Waals surface area contributed by atoms with Gasteiger partial charge in [0.1, 0.15) is 6.61 Å². The van der Waals surface area contributed by atoms with Gasteiger partial charge in [-0.1, -0.05) is 13.0 Å². The maximum Gasteiger partial charge on any atom is 0.338 e. The first-order valence-corrected chi connectivity index (χ1v) is 9.01. The van der Waals surface area contributed by atoms with Gasteiger partial charge >= 0.3 is 17.7 Å². The fourth-order valence-corrected chi connectivity index (χ4v) is 2.99. The number of benzene rings is 1. The maximum absolute atomic E-state index is 12.5. The van der Waals surface area contributed by atoms with Crippen molar-refractivity contribution in [3.05, 3.63) is 45.1 Å². The smallest absolute Gasteiger partial charge is 0.338 e. The molecule has 1 atom stereocenters. The number of urea groups is 1. The second-order valence-electron chi connectivity index (χ2n) is 5.41. The van der Waals surface area contributed by atoms with Crippen molar-refractivity contribution in [2.45, 2.75) is 19.9 Å². The van der Waals surface area contributed by atoms with E-state index in [1.807, 2.05) is 6.92 Å². The Labute approximate surface area is 153 Å². The number of carbonyl (C=O) groups is 2. The summed E-state index contributed by atoms with van der Waals surface area (Å²) >= 11 is 1.62. The molecule has 140 valence electrons. The summed E-state index contributed by atoms with van der Waals surface area (Å²) in [5.41, 5.74) is 0.243. The number of hydrogen-bond acceptors (Lipinski definition) is 7. The molecule has 1 aliphatic rings. The van der Waals surface area contributed by atoms with Crippen LogP contribution in [0.25, 0.3) is 0 Å². The predicted octanol–water partition coefficient (Wildman–Crippen LogP) is 2.22. The molecule has 0 radical (unpaired) electrons. The first kappa shape index (κ1) is 19.6. The minimum Gasteiger partial charge on any atom is -0.502 e. The van der Waals surface area contributed by atoms with E-state index in [-0.39, 0.29) is 12.2 Å². The normalized spacial score (nSPS) is 16.7. The molecule has 9 nitrogen and oxygen atoms in total. The zero-order valence-electron chi connectivity index (χ0n) is 14.3. The number of aromatic hydroxyl groups is 1. The molecular formula is C16H19N3O6S. The lowest BCUT2D eigenvalue weighted by Gasteiger charge is -2.28. The monoisotopic (exact) mass is 381 g/mol. The quantitative estimate of drug-likeness (QED) is 0.286. The fourth-order valence-electron chi connectivity index (χ4n) is 2.50. The Bertz CT molecular complexity index is 764. The molecule has 0 aromatic heterocycles. The molecule has 1 aliphatic heterocycles. The zero-order valence-corrected chi connectivity index (χ0v) is 15.1. The van der Waals surface area contributed by atoms with E-state index in [9.17, 15) is 24.8 Å². The first-order valence-electron chi connectivity index (χ1n) is 7.85. The number of ether oxygens (including phenoxy) is 1. The second-order valence-corrected chi connectivity index (χ2v) is 6.80. The van der Waals surface area contributed by atoms with E-state index in [1.165, 1.54) is 6.07 Å². The Morgan fingerprint density at radius 1 is 1.46 bits per heavy atom. The SMILES string of the molecule is CCSCCOC(=O)C1=C(C)NC(=O)NC1c1ccc(O)c([N+](=O)[O-])c1. The third-order valence-corrected chi connectivity index (χ3v) is 4.55. The van der Waals surface area contributed by atoms with Crippen molar-refractivity contribution in [2.24, 2.45) is 0 Å². The molecule has 2 amide bonds. The van der Waals surface area contributed by atoms with Gasteiger partial charge in [0.25, 0.3) is 0 Å². The Balaban J connectivity index is 2.33. The number of allylic oxidation sites excluding steroid dienone is 1. The zero-order chi connectivity index (χ0) is 19.3. The van der Waals surface area contributed by atoms with Crippen molar-refractivity contribution in [1.29, 1.82) is 0 Å². The lowest BCUT2D eigenvalue weighted by Crippen LogP contribution is -2.45. The number of thioether (sulfide) groups is 1. The largest absolute Gasteiger partial charge is 0.502 e. The van der Waals surface area contributed by atoms with Crippen LogP contribution in [-0.4, -0.2) is 40.1 Å². The summed E-state index contributed by atoms with van der Waals surface area (Å²) in [5, 5.41) is 25.7. The van der Waals surface area contributed by atoms with Crippen LogP contribution in [0.5, 0.6) is 5.75 Å². The molecule has 0 fully saturated rings. The molecule has 0 saturated carbocycles. The number of hydrogen-bond donors (Lipinski definition) is 3. The Kier molecular flexibility index (Phi) is 6.45. The Morgan fingerprint density at radius 3 is 2.85 bits per heavy atom. The van der Waals surface area contributed by atoms with Gasteiger partial charge in [-0.05, 0) is 24.3 Å². The number of nitrogens with zero attached hydrogens (tertiary/aromatic N) is 1. The molecule has 3 N–H and O–H groups in total. The highest BCUT2D eigenvalue weighted by Crippen LogP contribution is 2.33. The number of nitro groups is 1. The average molecular weight is 381 g/mol. The van der Waals surface area contributed by atoms with Crippen LogP contribution >= 0.6 is 11.8 Å².